The lowest BCUT2D eigenvalue weighted by Gasteiger charge is -2.21. The van der Waals surface area contributed by atoms with Crippen LogP contribution in [0.3, 0.4) is 0 Å². The molecule has 0 spiro atoms. The molecule has 0 radical (unpaired) electrons. The van der Waals surface area contributed by atoms with Gasteiger partial charge in [0.1, 0.15) is 0 Å². The molecule has 17 heavy (non-hydrogen) atoms. The third-order valence-electron chi connectivity index (χ3n) is 2.47. The fourth-order valence-corrected chi connectivity index (χ4v) is 2.59. The smallest absolute Gasteiger partial charge is 0.0641 e. The normalized spacial score (nSPS) is 15.8. The van der Waals surface area contributed by atoms with Crippen LogP contribution >= 0.6 is 0 Å². The van der Waals surface area contributed by atoms with E-state index < -0.39 is 10.8 Å². The Hall–Kier alpha value is -1.18. The zero-order chi connectivity index (χ0) is 12.7. The number of benzene rings is 1. The van der Waals surface area contributed by atoms with Crippen LogP contribution in [0.1, 0.15) is 24.9 Å². The minimum Gasteiger partial charge on any atom is -0.306 e. The van der Waals surface area contributed by atoms with Crippen LogP contribution < -0.4 is 5.32 Å². The van der Waals surface area contributed by atoms with Gasteiger partial charge in [0.15, 0.2) is 0 Å². The third-order valence-corrected chi connectivity index (χ3v) is 3.44. The number of nitrogens with one attached hydrogen (secondary N) is 1. The lowest BCUT2D eigenvalue weighted by atomic mass is 10.0. The van der Waals surface area contributed by atoms with Crippen molar-refractivity contribution in [1.29, 1.82) is 5.26 Å². The molecular weight excluding hydrogens is 232 g/mol. The van der Waals surface area contributed by atoms with Crippen molar-refractivity contribution in [3.05, 3.63) is 35.9 Å². The van der Waals surface area contributed by atoms with Crippen molar-refractivity contribution in [2.45, 2.75) is 25.4 Å². The van der Waals surface area contributed by atoms with E-state index in [9.17, 15) is 4.21 Å². The molecule has 0 amide bonds. The number of nitrogens with zero attached hydrogens (tertiary/aromatic N) is 1. The largest absolute Gasteiger partial charge is 0.306 e. The van der Waals surface area contributed by atoms with E-state index in [0.29, 0.717) is 12.2 Å². The SMILES string of the molecule is CC(CS(C)=O)NC(CC#N)c1ccccc1. The van der Waals surface area contributed by atoms with E-state index in [1.807, 2.05) is 37.3 Å². The van der Waals surface area contributed by atoms with Crippen molar-refractivity contribution >= 4 is 10.8 Å². The van der Waals surface area contributed by atoms with E-state index >= 15 is 0 Å². The standard InChI is InChI=1S/C13H18N2OS/c1-11(10-17(2)16)15-13(8-9-14)12-6-4-3-5-7-12/h3-7,11,13,15H,8,10H2,1-2H3. The molecule has 1 N–H and O–H groups in total. The zero-order valence-corrected chi connectivity index (χ0v) is 11.0. The van der Waals surface area contributed by atoms with Gasteiger partial charge in [-0.1, -0.05) is 30.3 Å². The molecule has 0 heterocycles. The minimum absolute atomic E-state index is 0.0137. The lowest BCUT2D eigenvalue weighted by molar-refractivity contribution is 0.485. The van der Waals surface area contributed by atoms with E-state index in [-0.39, 0.29) is 12.1 Å². The Bertz CT molecular complexity index is 400. The number of nitriles is 1. The molecule has 3 unspecified atom stereocenters. The fourth-order valence-electron chi connectivity index (χ4n) is 1.79. The second-order valence-corrected chi connectivity index (χ2v) is 5.61. The molecule has 1 rings (SSSR count). The van der Waals surface area contributed by atoms with E-state index in [1.165, 1.54) is 0 Å². The molecule has 0 fully saturated rings. The molecule has 0 bridgehead atoms. The second-order valence-electron chi connectivity index (χ2n) is 4.13. The van der Waals surface area contributed by atoms with Crippen molar-refractivity contribution in [3.8, 4) is 6.07 Å². The highest BCUT2D eigenvalue weighted by atomic mass is 32.2. The van der Waals surface area contributed by atoms with Crippen molar-refractivity contribution in [2.75, 3.05) is 12.0 Å². The van der Waals surface area contributed by atoms with Gasteiger partial charge in [-0.2, -0.15) is 5.26 Å². The van der Waals surface area contributed by atoms with Crippen molar-refractivity contribution in [3.63, 3.8) is 0 Å². The molecule has 1 aromatic carbocycles. The van der Waals surface area contributed by atoms with Crippen LogP contribution in [0.4, 0.5) is 0 Å². The molecule has 3 atom stereocenters. The summed E-state index contributed by atoms with van der Waals surface area (Å²) in [6.45, 7) is 1.99. The molecule has 0 saturated heterocycles. The van der Waals surface area contributed by atoms with Crippen molar-refractivity contribution in [2.24, 2.45) is 0 Å². The first kappa shape index (κ1) is 13.9. The Morgan fingerprint density at radius 3 is 2.59 bits per heavy atom. The van der Waals surface area contributed by atoms with Crippen LogP contribution in [0, 0.1) is 11.3 Å². The quantitative estimate of drug-likeness (QED) is 0.840. The van der Waals surface area contributed by atoms with Gasteiger partial charge in [0.2, 0.25) is 0 Å². The highest BCUT2D eigenvalue weighted by Crippen LogP contribution is 2.16. The molecule has 0 aliphatic carbocycles. The van der Waals surface area contributed by atoms with Gasteiger partial charge < -0.3 is 5.32 Å². The Morgan fingerprint density at radius 1 is 1.41 bits per heavy atom. The Morgan fingerprint density at radius 2 is 2.06 bits per heavy atom. The van der Waals surface area contributed by atoms with E-state index in [2.05, 4.69) is 11.4 Å². The first-order valence-electron chi connectivity index (χ1n) is 5.61. The molecule has 0 aromatic heterocycles. The molecule has 0 saturated carbocycles. The highest BCUT2D eigenvalue weighted by Gasteiger charge is 2.14. The molecular formula is C13H18N2OS. The molecule has 0 aliphatic heterocycles. The molecule has 3 nitrogen and oxygen atoms in total. The first-order chi connectivity index (χ1) is 8.13. The Labute approximate surface area is 105 Å². The maximum Gasteiger partial charge on any atom is 0.0641 e. The van der Waals surface area contributed by atoms with Gasteiger partial charge in [-0.3, -0.25) is 4.21 Å². The van der Waals surface area contributed by atoms with E-state index in [1.54, 1.807) is 6.26 Å². The van der Waals surface area contributed by atoms with Gasteiger partial charge in [0.05, 0.1) is 12.5 Å². The maximum absolute atomic E-state index is 11.1. The van der Waals surface area contributed by atoms with Crippen LogP contribution in [0.15, 0.2) is 30.3 Å². The minimum atomic E-state index is -0.818. The van der Waals surface area contributed by atoms with Crippen LogP contribution in [0.5, 0.6) is 0 Å². The second kappa shape index (κ2) is 7.21. The number of hydrogen-bond donors (Lipinski definition) is 1. The summed E-state index contributed by atoms with van der Waals surface area (Å²) in [5, 5.41) is 12.2. The number of hydrogen-bond acceptors (Lipinski definition) is 3. The maximum atomic E-state index is 11.1. The van der Waals surface area contributed by atoms with Crippen molar-refractivity contribution in [1.82, 2.24) is 5.32 Å². The summed E-state index contributed by atoms with van der Waals surface area (Å²) < 4.78 is 11.1. The van der Waals surface area contributed by atoms with Crippen molar-refractivity contribution < 1.29 is 4.21 Å². The van der Waals surface area contributed by atoms with Gasteiger partial charge in [-0.15, -0.1) is 0 Å². The van der Waals surface area contributed by atoms with E-state index in [0.717, 1.165) is 5.56 Å². The zero-order valence-electron chi connectivity index (χ0n) is 10.2. The van der Waals surface area contributed by atoms with Crippen LogP contribution in [0.2, 0.25) is 0 Å². The average Bonchev–Trinajstić information content (AvgIpc) is 2.28. The highest BCUT2D eigenvalue weighted by molar-refractivity contribution is 7.84. The summed E-state index contributed by atoms with van der Waals surface area (Å²) in [6.07, 6.45) is 2.12. The van der Waals surface area contributed by atoms with Crippen LogP contribution in [-0.4, -0.2) is 22.3 Å². The van der Waals surface area contributed by atoms with Gasteiger partial charge in [-0.05, 0) is 12.5 Å². The predicted molar refractivity (Wildman–Crippen MR) is 70.9 cm³/mol. The Balaban J connectivity index is 2.67. The summed E-state index contributed by atoms with van der Waals surface area (Å²) >= 11 is 0. The molecule has 4 heteroatoms. The Kier molecular flexibility index (Phi) is 5.88. The molecule has 1 aromatic rings. The molecule has 0 aliphatic rings. The van der Waals surface area contributed by atoms with E-state index in [4.69, 9.17) is 5.26 Å². The molecule has 92 valence electrons. The van der Waals surface area contributed by atoms with Gasteiger partial charge in [0.25, 0.3) is 0 Å². The summed E-state index contributed by atoms with van der Waals surface area (Å²) in [7, 11) is -0.818. The van der Waals surface area contributed by atoms with Crippen LogP contribution in [0.25, 0.3) is 0 Å². The fraction of sp³-hybridized carbons (Fsp3) is 0.462. The average molecular weight is 250 g/mol. The predicted octanol–water partition coefficient (Wildman–Crippen LogP) is 2.00. The topological polar surface area (TPSA) is 52.9 Å². The third kappa shape index (κ3) is 5.12. The summed E-state index contributed by atoms with van der Waals surface area (Å²) in [6, 6.07) is 12.2. The lowest BCUT2D eigenvalue weighted by Crippen LogP contribution is -2.34. The number of rotatable bonds is 6. The van der Waals surface area contributed by atoms with Gasteiger partial charge in [0, 0.05) is 34.9 Å². The summed E-state index contributed by atoms with van der Waals surface area (Å²) in [4.78, 5) is 0. The summed E-state index contributed by atoms with van der Waals surface area (Å²) in [5.41, 5.74) is 1.10. The first-order valence-corrected chi connectivity index (χ1v) is 7.34. The van der Waals surface area contributed by atoms with Gasteiger partial charge >= 0.3 is 0 Å². The van der Waals surface area contributed by atoms with Gasteiger partial charge in [-0.25, -0.2) is 0 Å². The monoisotopic (exact) mass is 250 g/mol. The van der Waals surface area contributed by atoms with Crippen LogP contribution in [-0.2, 0) is 10.8 Å². The summed E-state index contributed by atoms with van der Waals surface area (Å²) in [5.74, 6) is 0.606.